The van der Waals surface area contributed by atoms with Crippen molar-refractivity contribution in [2.75, 3.05) is 7.11 Å². The van der Waals surface area contributed by atoms with Crippen LogP contribution in [0.1, 0.15) is 47.5 Å². The first-order chi connectivity index (χ1) is 7.20. The van der Waals surface area contributed by atoms with E-state index in [9.17, 15) is 4.79 Å². The molecular weight excluding hydrogens is 202 g/mol. The predicted molar refractivity (Wildman–Crippen MR) is 65.2 cm³/mol. The molecule has 1 aliphatic carbocycles. The topological polar surface area (TPSA) is 38.3 Å². The first-order valence-corrected chi connectivity index (χ1v) is 6.04. The molecule has 1 amide bonds. The van der Waals surface area contributed by atoms with Crippen LogP contribution in [-0.2, 0) is 9.53 Å². The van der Waals surface area contributed by atoms with Crippen LogP contribution in [0.2, 0.25) is 0 Å². The van der Waals surface area contributed by atoms with Gasteiger partial charge >= 0.3 is 0 Å². The van der Waals surface area contributed by atoms with Gasteiger partial charge in [0.05, 0.1) is 12.1 Å². The number of carbonyl (C=O) groups excluding carboxylic acids is 1. The van der Waals surface area contributed by atoms with E-state index >= 15 is 0 Å². The first kappa shape index (κ1) is 13.5. The number of rotatable bonds is 4. The Morgan fingerprint density at radius 2 is 1.75 bits per heavy atom. The van der Waals surface area contributed by atoms with Crippen LogP contribution in [-0.4, -0.2) is 25.2 Å². The lowest BCUT2D eigenvalue weighted by Gasteiger charge is -2.50. The maximum absolute atomic E-state index is 12.1. The van der Waals surface area contributed by atoms with Gasteiger partial charge < -0.3 is 10.1 Å². The highest BCUT2D eigenvalue weighted by Crippen LogP contribution is 2.53. The van der Waals surface area contributed by atoms with E-state index in [1.165, 1.54) is 0 Å². The Morgan fingerprint density at radius 1 is 1.25 bits per heavy atom. The van der Waals surface area contributed by atoms with Gasteiger partial charge in [-0.3, -0.25) is 4.79 Å². The second-order valence-electron chi connectivity index (χ2n) is 6.28. The number of hydrogen-bond donors (Lipinski definition) is 1. The summed E-state index contributed by atoms with van der Waals surface area (Å²) in [5, 5.41) is 3.05. The molecule has 3 nitrogen and oxygen atoms in total. The molecule has 1 N–H and O–H groups in total. The van der Waals surface area contributed by atoms with E-state index < -0.39 is 0 Å². The largest absolute Gasteiger partial charge is 0.380 e. The molecule has 0 heterocycles. The molecule has 0 aromatic carbocycles. The third-order valence-electron chi connectivity index (χ3n) is 3.72. The summed E-state index contributed by atoms with van der Waals surface area (Å²) in [5.74, 6) is 0.170. The molecule has 0 saturated heterocycles. The molecule has 0 bridgehead atoms. The molecule has 1 aliphatic rings. The van der Waals surface area contributed by atoms with Crippen LogP contribution in [0.5, 0.6) is 0 Å². The molecule has 1 fully saturated rings. The molecule has 0 spiro atoms. The van der Waals surface area contributed by atoms with Gasteiger partial charge in [0.25, 0.3) is 0 Å². The van der Waals surface area contributed by atoms with E-state index in [1.54, 1.807) is 7.11 Å². The van der Waals surface area contributed by atoms with Crippen LogP contribution in [0.3, 0.4) is 0 Å². The summed E-state index contributed by atoms with van der Waals surface area (Å²) in [4.78, 5) is 12.1. The molecule has 1 saturated carbocycles. The number of hydrogen-bond acceptors (Lipinski definition) is 2. The van der Waals surface area contributed by atoms with Crippen LogP contribution in [0.4, 0.5) is 0 Å². The summed E-state index contributed by atoms with van der Waals surface area (Å²) in [6, 6.07) is 0.0676. The maximum Gasteiger partial charge on any atom is 0.226 e. The second-order valence-corrected chi connectivity index (χ2v) is 6.28. The molecule has 0 radical (unpaired) electrons. The minimum atomic E-state index is -0.175. The minimum absolute atomic E-state index is 0.0561. The summed E-state index contributed by atoms with van der Waals surface area (Å²) in [6.45, 7) is 10.4. The van der Waals surface area contributed by atoms with E-state index in [1.807, 2.05) is 13.8 Å². The van der Waals surface area contributed by atoms with Gasteiger partial charge in [-0.05, 0) is 32.1 Å². The van der Waals surface area contributed by atoms with Crippen molar-refractivity contribution < 1.29 is 9.53 Å². The molecule has 16 heavy (non-hydrogen) atoms. The van der Waals surface area contributed by atoms with Crippen molar-refractivity contribution in [2.45, 2.75) is 59.6 Å². The zero-order valence-electron chi connectivity index (χ0n) is 11.4. The van der Waals surface area contributed by atoms with Crippen LogP contribution in [0, 0.1) is 10.8 Å². The Balaban J connectivity index is 2.48. The average Bonchev–Trinajstić information content (AvgIpc) is 2.13. The number of amides is 1. The Labute approximate surface area is 98.9 Å². The lowest BCUT2D eigenvalue weighted by molar-refractivity contribution is -0.144. The fraction of sp³-hybridized carbons (Fsp3) is 0.923. The van der Waals surface area contributed by atoms with Gasteiger partial charge in [-0.25, -0.2) is 0 Å². The lowest BCUT2D eigenvalue weighted by Crippen LogP contribution is -2.54. The highest BCUT2D eigenvalue weighted by molar-refractivity contribution is 5.83. The van der Waals surface area contributed by atoms with Gasteiger partial charge in [0.15, 0.2) is 0 Å². The van der Waals surface area contributed by atoms with Crippen molar-refractivity contribution in [2.24, 2.45) is 10.8 Å². The fourth-order valence-electron chi connectivity index (χ4n) is 2.92. The smallest absolute Gasteiger partial charge is 0.226 e. The Kier molecular flexibility index (Phi) is 3.68. The normalized spacial score (nSPS) is 25.4. The molecule has 0 aromatic rings. The summed E-state index contributed by atoms with van der Waals surface area (Å²) in [6.07, 6.45) is 2.00. The number of methoxy groups -OCH3 is 1. The van der Waals surface area contributed by atoms with Gasteiger partial charge in [0, 0.05) is 12.5 Å². The summed E-state index contributed by atoms with van der Waals surface area (Å²) in [7, 11) is 1.67. The molecular formula is C13H25NO2. The summed E-state index contributed by atoms with van der Waals surface area (Å²) in [5.41, 5.74) is 0.146. The van der Waals surface area contributed by atoms with Crippen LogP contribution < -0.4 is 5.32 Å². The Bertz CT molecular complexity index is 265. The predicted octanol–water partition coefficient (Wildman–Crippen LogP) is 2.35. The average molecular weight is 227 g/mol. The minimum Gasteiger partial charge on any atom is -0.380 e. The zero-order valence-corrected chi connectivity index (χ0v) is 11.4. The maximum atomic E-state index is 12.1. The standard InChI is InChI=1S/C13H25NO2/c1-9(10(2)16-6)14-11(15)13(5)7-12(3,4)8-13/h9-10H,7-8H2,1-6H3,(H,14,15). The van der Waals surface area contributed by atoms with Crippen LogP contribution >= 0.6 is 0 Å². The molecule has 2 unspecified atom stereocenters. The highest BCUT2D eigenvalue weighted by Gasteiger charge is 2.50. The molecule has 0 aromatic heterocycles. The number of carbonyl (C=O) groups is 1. The third-order valence-corrected chi connectivity index (χ3v) is 3.72. The quantitative estimate of drug-likeness (QED) is 0.800. The molecule has 94 valence electrons. The van der Waals surface area contributed by atoms with Crippen molar-refractivity contribution in [1.29, 1.82) is 0 Å². The van der Waals surface area contributed by atoms with Crippen molar-refractivity contribution >= 4 is 5.91 Å². The molecule has 1 rings (SSSR count). The van der Waals surface area contributed by atoms with Crippen molar-refractivity contribution in [3.63, 3.8) is 0 Å². The SMILES string of the molecule is COC(C)C(C)NC(=O)C1(C)CC(C)(C)C1. The van der Waals surface area contributed by atoms with E-state index in [0.717, 1.165) is 12.8 Å². The van der Waals surface area contributed by atoms with Crippen LogP contribution in [0.25, 0.3) is 0 Å². The van der Waals surface area contributed by atoms with Crippen molar-refractivity contribution in [3.8, 4) is 0 Å². The molecule has 3 heteroatoms. The van der Waals surface area contributed by atoms with Gasteiger partial charge in [-0.1, -0.05) is 20.8 Å². The zero-order chi connectivity index (χ0) is 12.6. The van der Waals surface area contributed by atoms with E-state index in [0.29, 0.717) is 5.41 Å². The van der Waals surface area contributed by atoms with Crippen LogP contribution in [0.15, 0.2) is 0 Å². The van der Waals surface area contributed by atoms with Gasteiger partial charge in [0.2, 0.25) is 5.91 Å². The van der Waals surface area contributed by atoms with Crippen molar-refractivity contribution in [3.05, 3.63) is 0 Å². The second kappa shape index (κ2) is 4.36. The molecule has 2 atom stereocenters. The fourth-order valence-corrected chi connectivity index (χ4v) is 2.92. The first-order valence-electron chi connectivity index (χ1n) is 6.04. The molecule has 0 aliphatic heterocycles. The van der Waals surface area contributed by atoms with Gasteiger partial charge in [-0.15, -0.1) is 0 Å². The summed E-state index contributed by atoms with van der Waals surface area (Å²) < 4.78 is 5.20. The number of ether oxygens (including phenoxy) is 1. The Hall–Kier alpha value is -0.570. The monoisotopic (exact) mass is 227 g/mol. The van der Waals surface area contributed by atoms with E-state index in [2.05, 4.69) is 26.1 Å². The van der Waals surface area contributed by atoms with Gasteiger partial charge in [0.1, 0.15) is 0 Å². The highest BCUT2D eigenvalue weighted by atomic mass is 16.5. The van der Waals surface area contributed by atoms with E-state index in [-0.39, 0.29) is 23.5 Å². The van der Waals surface area contributed by atoms with E-state index in [4.69, 9.17) is 4.74 Å². The summed E-state index contributed by atoms with van der Waals surface area (Å²) >= 11 is 0. The third kappa shape index (κ3) is 2.76. The number of nitrogens with one attached hydrogen (secondary N) is 1. The lowest BCUT2D eigenvalue weighted by atomic mass is 9.55. The van der Waals surface area contributed by atoms with Gasteiger partial charge in [-0.2, -0.15) is 0 Å². The van der Waals surface area contributed by atoms with Crippen molar-refractivity contribution in [1.82, 2.24) is 5.32 Å². The Morgan fingerprint density at radius 3 is 2.12 bits per heavy atom.